The number of nitrogens with zero attached hydrogens (tertiary/aromatic N) is 2. The van der Waals surface area contributed by atoms with Crippen molar-refractivity contribution in [3.8, 4) is 0 Å². The van der Waals surface area contributed by atoms with Gasteiger partial charge in [0.25, 0.3) is 0 Å². The minimum absolute atomic E-state index is 0.414. The smallest absolute Gasteiger partial charge is 0.133 e. The number of benzene rings is 1. The maximum absolute atomic E-state index is 9.97. The minimum atomic E-state index is -0.414. The molecule has 3 heteroatoms. The fraction of sp³-hybridized carbons (Fsp3) is 0.353. The zero-order valence-corrected chi connectivity index (χ0v) is 12.0. The van der Waals surface area contributed by atoms with Gasteiger partial charge in [-0.05, 0) is 43.0 Å². The molecule has 1 aliphatic rings. The average Bonchev–Trinajstić information content (AvgIpc) is 2.90. The largest absolute Gasteiger partial charge is 0.388 e. The van der Waals surface area contributed by atoms with E-state index in [0.717, 1.165) is 29.9 Å². The third-order valence-corrected chi connectivity index (χ3v) is 4.05. The van der Waals surface area contributed by atoms with Crippen molar-refractivity contribution in [2.24, 2.45) is 0 Å². The average molecular weight is 268 g/mol. The monoisotopic (exact) mass is 268 g/mol. The second-order valence-corrected chi connectivity index (χ2v) is 5.35. The second-order valence-electron chi connectivity index (χ2n) is 5.35. The van der Waals surface area contributed by atoms with E-state index in [-0.39, 0.29) is 0 Å². The van der Waals surface area contributed by atoms with Crippen molar-refractivity contribution in [1.82, 2.24) is 4.98 Å². The van der Waals surface area contributed by atoms with E-state index < -0.39 is 6.10 Å². The molecule has 1 N–H and O–H groups in total. The Bertz CT molecular complexity index is 624. The number of aryl methyl sites for hydroxylation is 1. The van der Waals surface area contributed by atoms with E-state index in [0.29, 0.717) is 6.42 Å². The number of aromatic nitrogens is 1. The Kier molecular flexibility index (Phi) is 3.45. The van der Waals surface area contributed by atoms with Gasteiger partial charge in [0.15, 0.2) is 0 Å². The molecule has 0 saturated heterocycles. The molecule has 0 aliphatic carbocycles. The molecule has 1 aromatic heterocycles. The van der Waals surface area contributed by atoms with Crippen molar-refractivity contribution < 1.29 is 5.11 Å². The highest BCUT2D eigenvalue weighted by molar-refractivity contribution is 5.67. The number of pyridine rings is 1. The Hall–Kier alpha value is -1.87. The van der Waals surface area contributed by atoms with E-state index in [9.17, 15) is 5.11 Å². The molecule has 1 aliphatic heterocycles. The highest BCUT2D eigenvalue weighted by atomic mass is 16.3. The van der Waals surface area contributed by atoms with Crippen LogP contribution in [-0.2, 0) is 6.42 Å². The van der Waals surface area contributed by atoms with Crippen LogP contribution in [0.2, 0.25) is 0 Å². The van der Waals surface area contributed by atoms with Gasteiger partial charge in [0, 0.05) is 24.0 Å². The molecule has 1 atom stereocenters. The van der Waals surface area contributed by atoms with Crippen molar-refractivity contribution >= 4 is 11.5 Å². The summed E-state index contributed by atoms with van der Waals surface area (Å²) >= 11 is 0. The van der Waals surface area contributed by atoms with Crippen LogP contribution >= 0.6 is 0 Å². The zero-order valence-electron chi connectivity index (χ0n) is 12.0. The molecule has 3 rings (SSSR count). The van der Waals surface area contributed by atoms with Crippen LogP contribution in [0.15, 0.2) is 36.5 Å². The van der Waals surface area contributed by atoms with E-state index in [1.54, 1.807) is 0 Å². The van der Waals surface area contributed by atoms with Crippen LogP contribution in [0.3, 0.4) is 0 Å². The summed E-state index contributed by atoms with van der Waals surface area (Å²) in [6, 6.07) is 10.6. The van der Waals surface area contributed by atoms with Crippen molar-refractivity contribution in [2.45, 2.75) is 32.8 Å². The Labute approximate surface area is 119 Å². The highest BCUT2D eigenvalue weighted by Gasteiger charge is 2.21. The van der Waals surface area contributed by atoms with Crippen LogP contribution < -0.4 is 4.90 Å². The summed E-state index contributed by atoms with van der Waals surface area (Å²) in [4.78, 5) is 6.81. The van der Waals surface area contributed by atoms with Gasteiger partial charge in [-0.1, -0.05) is 25.1 Å². The summed E-state index contributed by atoms with van der Waals surface area (Å²) in [6.45, 7) is 5.00. The van der Waals surface area contributed by atoms with Gasteiger partial charge in [-0.25, -0.2) is 4.98 Å². The zero-order chi connectivity index (χ0) is 14.1. The molecular formula is C17H20N2O. The molecule has 0 saturated carbocycles. The van der Waals surface area contributed by atoms with Gasteiger partial charge in [-0.3, -0.25) is 0 Å². The lowest BCUT2D eigenvalue weighted by Crippen LogP contribution is -2.15. The molecule has 3 nitrogen and oxygen atoms in total. The number of hydrogen-bond donors (Lipinski definition) is 1. The fourth-order valence-corrected chi connectivity index (χ4v) is 2.84. The van der Waals surface area contributed by atoms with Crippen LogP contribution in [0.25, 0.3) is 0 Å². The number of rotatable bonds is 3. The molecular weight excluding hydrogens is 248 g/mol. The summed E-state index contributed by atoms with van der Waals surface area (Å²) in [5.74, 6) is 0.972. The number of hydrogen-bond acceptors (Lipinski definition) is 3. The predicted molar refractivity (Wildman–Crippen MR) is 81.4 cm³/mol. The lowest BCUT2D eigenvalue weighted by Gasteiger charge is -2.20. The van der Waals surface area contributed by atoms with Crippen LogP contribution in [0, 0.1) is 6.92 Å². The van der Waals surface area contributed by atoms with Gasteiger partial charge < -0.3 is 10.0 Å². The van der Waals surface area contributed by atoms with Gasteiger partial charge in [0.1, 0.15) is 5.82 Å². The second kappa shape index (κ2) is 5.25. The van der Waals surface area contributed by atoms with E-state index in [2.05, 4.69) is 40.2 Å². The number of aliphatic hydroxyl groups is 1. The SMILES string of the molecule is CC[C@H](O)c1cnc(N2CCc3ccccc32)cc1C. The molecule has 0 spiro atoms. The first kappa shape index (κ1) is 13.1. The predicted octanol–water partition coefficient (Wildman–Crippen LogP) is 3.53. The lowest BCUT2D eigenvalue weighted by molar-refractivity contribution is 0.172. The maximum Gasteiger partial charge on any atom is 0.133 e. The Morgan fingerprint density at radius 2 is 2.15 bits per heavy atom. The molecule has 0 fully saturated rings. The number of para-hydroxylation sites is 1. The Morgan fingerprint density at radius 3 is 2.90 bits per heavy atom. The Balaban J connectivity index is 1.95. The number of anilines is 2. The third-order valence-electron chi connectivity index (χ3n) is 4.05. The number of fused-ring (bicyclic) bond motifs is 1. The topological polar surface area (TPSA) is 36.4 Å². The molecule has 0 radical (unpaired) electrons. The quantitative estimate of drug-likeness (QED) is 0.925. The molecule has 0 amide bonds. The van der Waals surface area contributed by atoms with Crippen molar-refractivity contribution in [3.63, 3.8) is 0 Å². The van der Waals surface area contributed by atoms with Gasteiger partial charge in [0.2, 0.25) is 0 Å². The molecule has 2 heterocycles. The summed E-state index contributed by atoms with van der Waals surface area (Å²) in [5.41, 5.74) is 4.67. The standard InChI is InChI=1S/C17H20N2O/c1-3-16(20)14-11-18-17(10-12(14)2)19-9-8-13-6-4-5-7-15(13)19/h4-7,10-11,16,20H,3,8-9H2,1-2H3/t16-/m0/s1. The van der Waals surface area contributed by atoms with Crippen molar-refractivity contribution in [1.29, 1.82) is 0 Å². The molecule has 2 aromatic rings. The molecule has 1 aromatic carbocycles. The van der Waals surface area contributed by atoms with Crippen LogP contribution in [0.1, 0.15) is 36.1 Å². The first-order chi connectivity index (χ1) is 9.70. The van der Waals surface area contributed by atoms with E-state index in [1.807, 2.05) is 20.0 Å². The van der Waals surface area contributed by atoms with E-state index in [1.165, 1.54) is 11.3 Å². The third kappa shape index (κ3) is 2.18. The first-order valence-corrected chi connectivity index (χ1v) is 7.20. The number of aliphatic hydroxyl groups excluding tert-OH is 1. The fourth-order valence-electron chi connectivity index (χ4n) is 2.84. The van der Waals surface area contributed by atoms with Crippen LogP contribution in [0.4, 0.5) is 11.5 Å². The molecule has 0 unspecified atom stereocenters. The minimum Gasteiger partial charge on any atom is -0.388 e. The summed E-state index contributed by atoms with van der Waals surface area (Å²) in [5, 5.41) is 9.97. The van der Waals surface area contributed by atoms with Crippen LogP contribution in [0.5, 0.6) is 0 Å². The first-order valence-electron chi connectivity index (χ1n) is 7.20. The summed E-state index contributed by atoms with van der Waals surface area (Å²) in [7, 11) is 0. The molecule has 104 valence electrons. The summed E-state index contributed by atoms with van der Waals surface area (Å²) < 4.78 is 0. The normalized spacial score (nSPS) is 15.2. The van der Waals surface area contributed by atoms with Gasteiger partial charge in [-0.2, -0.15) is 0 Å². The highest BCUT2D eigenvalue weighted by Crippen LogP contribution is 2.34. The molecule has 0 bridgehead atoms. The van der Waals surface area contributed by atoms with E-state index >= 15 is 0 Å². The van der Waals surface area contributed by atoms with Crippen molar-refractivity contribution in [3.05, 3.63) is 53.2 Å². The van der Waals surface area contributed by atoms with E-state index in [4.69, 9.17) is 0 Å². The Morgan fingerprint density at radius 1 is 1.35 bits per heavy atom. The summed E-state index contributed by atoms with van der Waals surface area (Å²) in [6.07, 6.45) is 3.19. The lowest BCUT2D eigenvalue weighted by atomic mass is 10.0. The molecule has 20 heavy (non-hydrogen) atoms. The van der Waals surface area contributed by atoms with Gasteiger partial charge in [0.05, 0.1) is 6.10 Å². The van der Waals surface area contributed by atoms with Crippen LogP contribution in [-0.4, -0.2) is 16.6 Å². The van der Waals surface area contributed by atoms with Crippen molar-refractivity contribution in [2.75, 3.05) is 11.4 Å². The van der Waals surface area contributed by atoms with Gasteiger partial charge >= 0.3 is 0 Å². The van der Waals surface area contributed by atoms with Gasteiger partial charge in [-0.15, -0.1) is 0 Å². The maximum atomic E-state index is 9.97.